The summed E-state index contributed by atoms with van der Waals surface area (Å²) in [6.45, 7) is 15.4. The Balaban J connectivity index is 1.81. The number of aromatic nitrogens is 2. The smallest absolute Gasteiger partial charge is 0.254 e. The highest BCUT2D eigenvalue weighted by Gasteiger charge is 2.23. The first kappa shape index (κ1) is 23.2. The van der Waals surface area contributed by atoms with Crippen LogP contribution >= 0.6 is 0 Å². The molecular weight excluding hydrogens is 428 g/mol. The van der Waals surface area contributed by atoms with Gasteiger partial charge in [0.1, 0.15) is 11.9 Å². The fraction of sp³-hybridized carbons (Fsp3) is 0.281. The van der Waals surface area contributed by atoms with Crippen LogP contribution in [0.15, 0.2) is 67.1 Å². The predicted octanol–water partition coefficient (Wildman–Crippen LogP) is 7.91. The average Bonchev–Trinajstić information content (AvgIpc) is 3.23. The maximum atomic E-state index is 11.7. The molecule has 3 aromatic carbocycles. The third kappa shape index (κ3) is 3.80. The molecule has 0 aliphatic rings. The second-order valence-corrected chi connectivity index (χ2v) is 10.5. The Morgan fingerprint density at radius 1 is 0.800 bits per heavy atom. The van der Waals surface area contributed by atoms with Crippen molar-refractivity contribution in [3.8, 4) is 22.6 Å². The molecule has 2 heterocycles. The molecule has 0 aliphatic heterocycles. The molecule has 0 unspecified atom stereocenters. The molecule has 0 atom stereocenters. The number of nitrogens with zero attached hydrogens (tertiary/aromatic N) is 2. The molecule has 0 saturated heterocycles. The molecule has 0 aliphatic carbocycles. The van der Waals surface area contributed by atoms with Crippen LogP contribution in [0.3, 0.4) is 0 Å². The highest BCUT2D eigenvalue weighted by molar-refractivity contribution is 5.95. The summed E-state index contributed by atoms with van der Waals surface area (Å²) in [6.07, 6.45) is 4.31. The largest absolute Gasteiger partial charge is 0.503 e. The minimum Gasteiger partial charge on any atom is -0.503 e. The summed E-state index contributed by atoms with van der Waals surface area (Å²) in [6, 6.07) is 19.4. The van der Waals surface area contributed by atoms with Crippen molar-refractivity contribution in [3.05, 3.63) is 94.9 Å². The number of pyridine rings is 1. The quantitative estimate of drug-likeness (QED) is 0.269. The van der Waals surface area contributed by atoms with E-state index < -0.39 is 0 Å². The zero-order chi connectivity index (χ0) is 25.0. The molecule has 5 aromatic rings. The molecule has 0 bridgehead atoms. The zero-order valence-corrected chi connectivity index (χ0v) is 21.8. The lowest BCUT2D eigenvalue weighted by Gasteiger charge is -2.16. The first-order chi connectivity index (χ1) is 16.7. The second-order valence-electron chi connectivity index (χ2n) is 10.5. The van der Waals surface area contributed by atoms with Crippen LogP contribution < -0.4 is 4.57 Å². The topological polar surface area (TPSA) is 28.5 Å². The van der Waals surface area contributed by atoms with Gasteiger partial charge >= 0.3 is 0 Å². The van der Waals surface area contributed by atoms with Crippen LogP contribution in [0.1, 0.15) is 67.3 Å². The maximum absolute atomic E-state index is 11.7. The van der Waals surface area contributed by atoms with E-state index in [0.29, 0.717) is 17.6 Å². The van der Waals surface area contributed by atoms with Crippen LogP contribution in [0.25, 0.3) is 33.2 Å². The van der Waals surface area contributed by atoms with E-state index in [2.05, 4.69) is 125 Å². The minimum atomic E-state index is 0.326. The van der Waals surface area contributed by atoms with Gasteiger partial charge < -0.3 is 5.11 Å². The third-order valence-electron chi connectivity index (χ3n) is 7.19. The molecule has 178 valence electrons. The van der Waals surface area contributed by atoms with Gasteiger partial charge in [-0.3, -0.25) is 0 Å². The van der Waals surface area contributed by atoms with E-state index in [1.807, 2.05) is 0 Å². The van der Waals surface area contributed by atoms with Gasteiger partial charge in [-0.2, -0.15) is 4.40 Å². The van der Waals surface area contributed by atoms with Crippen LogP contribution in [0.4, 0.5) is 0 Å². The van der Waals surface area contributed by atoms with Gasteiger partial charge in [0.05, 0.1) is 0 Å². The van der Waals surface area contributed by atoms with Crippen molar-refractivity contribution in [1.82, 2.24) is 4.40 Å². The van der Waals surface area contributed by atoms with E-state index in [1.54, 1.807) is 0 Å². The second kappa shape index (κ2) is 8.57. The van der Waals surface area contributed by atoms with E-state index in [0.717, 1.165) is 27.5 Å². The van der Waals surface area contributed by atoms with Gasteiger partial charge in [-0.25, -0.2) is 4.57 Å². The molecule has 35 heavy (non-hydrogen) atoms. The summed E-state index contributed by atoms with van der Waals surface area (Å²) in [4.78, 5) is 0. The Morgan fingerprint density at radius 3 is 2.00 bits per heavy atom. The van der Waals surface area contributed by atoms with E-state index in [1.165, 1.54) is 33.5 Å². The Kier molecular flexibility index (Phi) is 5.67. The van der Waals surface area contributed by atoms with E-state index in [-0.39, 0.29) is 0 Å². The number of hydrogen-bond acceptors (Lipinski definition) is 1. The van der Waals surface area contributed by atoms with Crippen LogP contribution in [0.2, 0.25) is 0 Å². The van der Waals surface area contributed by atoms with Gasteiger partial charge in [0, 0.05) is 22.1 Å². The van der Waals surface area contributed by atoms with E-state index >= 15 is 0 Å². The van der Waals surface area contributed by atoms with E-state index in [4.69, 9.17) is 0 Å². The highest BCUT2D eigenvalue weighted by atomic mass is 16.3. The molecule has 0 radical (unpaired) electrons. The molecular formula is C32H35N2O+. The van der Waals surface area contributed by atoms with Crippen molar-refractivity contribution < 1.29 is 9.67 Å². The van der Waals surface area contributed by atoms with Gasteiger partial charge in [0.25, 0.3) is 6.33 Å². The SMILES string of the molecule is Cc1cc(C)c(-c2ccc3ccc4c[n+](-c5c(C(C)C)cccc5C(C)C)cn4c3c2O)c(C)c1. The molecule has 3 nitrogen and oxygen atoms in total. The normalized spacial score (nSPS) is 11.9. The Morgan fingerprint density at radius 2 is 1.40 bits per heavy atom. The number of rotatable bonds is 4. The number of benzene rings is 3. The van der Waals surface area contributed by atoms with Crippen molar-refractivity contribution in [2.45, 2.75) is 60.3 Å². The fourth-order valence-electron chi connectivity index (χ4n) is 5.64. The first-order valence-electron chi connectivity index (χ1n) is 12.6. The lowest BCUT2D eigenvalue weighted by molar-refractivity contribution is -0.595. The summed E-state index contributed by atoms with van der Waals surface area (Å²) >= 11 is 0. The number of fused-ring (bicyclic) bond motifs is 3. The zero-order valence-electron chi connectivity index (χ0n) is 21.8. The molecule has 5 rings (SSSR count). The number of aryl methyl sites for hydroxylation is 3. The maximum Gasteiger partial charge on any atom is 0.254 e. The van der Waals surface area contributed by atoms with Crippen LogP contribution in [-0.2, 0) is 0 Å². The molecule has 0 spiro atoms. The summed E-state index contributed by atoms with van der Waals surface area (Å²) in [5, 5.41) is 12.7. The molecule has 0 fully saturated rings. The van der Waals surface area contributed by atoms with Gasteiger partial charge in [-0.1, -0.05) is 63.6 Å². The monoisotopic (exact) mass is 463 g/mol. The van der Waals surface area contributed by atoms with Crippen molar-refractivity contribution in [2.75, 3.05) is 0 Å². The van der Waals surface area contributed by atoms with Crippen molar-refractivity contribution in [1.29, 1.82) is 0 Å². The summed E-state index contributed by atoms with van der Waals surface area (Å²) in [5.74, 6) is 1.14. The van der Waals surface area contributed by atoms with E-state index in [9.17, 15) is 5.11 Å². The summed E-state index contributed by atoms with van der Waals surface area (Å²) in [7, 11) is 0. The van der Waals surface area contributed by atoms with Crippen molar-refractivity contribution in [3.63, 3.8) is 0 Å². The average molecular weight is 464 g/mol. The number of para-hydroxylation sites is 1. The first-order valence-corrected chi connectivity index (χ1v) is 12.6. The van der Waals surface area contributed by atoms with Crippen LogP contribution in [0, 0.1) is 20.8 Å². The minimum absolute atomic E-state index is 0.326. The molecule has 2 aromatic heterocycles. The lowest BCUT2D eigenvalue weighted by atomic mass is 9.92. The van der Waals surface area contributed by atoms with Gasteiger partial charge in [0.15, 0.2) is 16.8 Å². The number of aromatic hydroxyl groups is 1. The molecule has 0 saturated carbocycles. The Bertz CT molecular complexity index is 1540. The fourth-order valence-corrected chi connectivity index (χ4v) is 5.64. The predicted molar refractivity (Wildman–Crippen MR) is 146 cm³/mol. The van der Waals surface area contributed by atoms with Gasteiger partial charge in [-0.05, 0) is 73.6 Å². The number of phenols is 1. The Labute approximate surface area is 208 Å². The van der Waals surface area contributed by atoms with Gasteiger partial charge in [-0.15, -0.1) is 0 Å². The number of phenolic OH excluding ortho intramolecular Hbond substituents is 1. The lowest BCUT2D eigenvalue weighted by Crippen LogP contribution is -2.31. The van der Waals surface area contributed by atoms with Crippen molar-refractivity contribution >= 4 is 16.4 Å². The standard InChI is InChI=1S/C32H34N2O/c1-19(2)26-9-8-10-27(20(3)4)31(26)33-17-25-13-11-24-12-14-28(32(35)30(24)34(25)18-33)29-22(6)15-21(5)16-23(29)7/h8-20H,1-7H3/p+1. The van der Waals surface area contributed by atoms with Gasteiger partial charge in [0.2, 0.25) is 0 Å². The molecule has 1 N–H and O–H groups in total. The van der Waals surface area contributed by atoms with Crippen LogP contribution in [-0.4, -0.2) is 9.51 Å². The summed E-state index contributed by atoms with van der Waals surface area (Å²) < 4.78 is 4.38. The van der Waals surface area contributed by atoms with Crippen LogP contribution in [0.5, 0.6) is 5.75 Å². The number of hydrogen-bond donors (Lipinski definition) is 1. The molecule has 3 heteroatoms. The third-order valence-corrected chi connectivity index (χ3v) is 7.19. The number of imidazole rings is 1. The highest BCUT2D eigenvalue weighted by Crippen LogP contribution is 2.39. The van der Waals surface area contributed by atoms with Crippen molar-refractivity contribution in [2.24, 2.45) is 0 Å². The Hall–Kier alpha value is -3.59. The summed E-state index contributed by atoms with van der Waals surface area (Å²) in [5.41, 5.74) is 11.4. The molecule has 0 amide bonds.